The van der Waals surface area contributed by atoms with Gasteiger partial charge in [-0.05, 0) is 29.5 Å². The van der Waals surface area contributed by atoms with Gasteiger partial charge in [0.1, 0.15) is 0 Å². The molecule has 0 aliphatic rings. The zero-order valence-electron chi connectivity index (χ0n) is 12.2. The molecular formula is C13H19N5O2S. The van der Waals surface area contributed by atoms with Crippen molar-refractivity contribution >= 4 is 16.5 Å². The van der Waals surface area contributed by atoms with Crippen molar-refractivity contribution in [2.45, 2.75) is 20.4 Å². The molecule has 8 heteroatoms. The van der Waals surface area contributed by atoms with Crippen LogP contribution in [0.15, 0.2) is 18.2 Å². The lowest BCUT2D eigenvalue weighted by molar-refractivity contribution is 0.343. The zero-order valence-corrected chi connectivity index (χ0v) is 13.0. The van der Waals surface area contributed by atoms with E-state index in [-0.39, 0.29) is 0 Å². The maximum absolute atomic E-state index is 11.6. The average molecular weight is 309 g/mol. The molecule has 0 aliphatic heterocycles. The lowest BCUT2D eigenvalue weighted by Crippen LogP contribution is -2.12. The van der Waals surface area contributed by atoms with E-state index < -0.39 is 10.8 Å². The molecule has 21 heavy (non-hydrogen) atoms. The smallest absolute Gasteiger partial charge is 0.185 e. The molecule has 0 fully saturated rings. The second kappa shape index (κ2) is 7.16. The normalized spacial score (nSPS) is 12.3. The first-order chi connectivity index (χ1) is 10.2. The molecule has 2 aromatic rings. The molecule has 0 spiro atoms. The molecule has 1 unspecified atom stereocenters. The molecule has 0 radical (unpaired) electrons. The monoisotopic (exact) mass is 309 g/mol. The summed E-state index contributed by atoms with van der Waals surface area (Å²) in [6, 6.07) is 5.46. The molecule has 0 saturated heterocycles. The van der Waals surface area contributed by atoms with Gasteiger partial charge < -0.3 is 10.5 Å². The SMILES string of the molecule is CCOc1c(N)cccc1-c1nnnn1CCS(=O)CC. The molecule has 0 bridgehead atoms. The number of rotatable bonds is 7. The minimum Gasteiger partial charge on any atom is -0.491 e. The van der Waals surface area contributed by atoms with Crippen molar-refractivity contribution in [2.24, 2.45) is 0 Å². The quantitative estimate of drug-likeness (QED) is 0.769. The van der Waals surface area contributed by atoms with E-state index in [9.17, 15) is 4.21 Å². The van der Waals surface area contributed by atoms with E-state index in [1.165, 1.54) is 0 Å². The Kier molecular flexibility index (Phi) is 5.26. The summed E-state index contributed by atoms with van der Waals surface area (Å²) in [5, 5.41) is 11.7. The molecule has 7 nitrogen and oxygen atoms in total. The Hall–Kier alpha value is -1.96. The molecule has 1 atom stereocenters. The van der Waals surface area contributed by atoms with Gasteiger partial charge in [-0.15, -0.1) is 5.10 Å². The number of nitrogen functional groups attached to an aromatic ring is 1. The lowest BCUT2D eigenvalue weighted by atomic mass is 10.1. The number of nitrogens with zero attached hydrogens (tertiary/aromatic N) is 4. The molecule has 0 saturated carbocycles. The van der Waals surface area contributed by atoms with Crippen molar-refractivity contribution in [1.82, 2.24) is 20.2 Å². The molecular weight excluding hydrogens is 290 g/mol. The van der Waals surface area contributed by atoms with Crippen LogP contribution in [0.2, 0.25) is 0 Å². The number of benzene rings is 1. The highest BCUT2D eigenvalue weighted by Gasteiger charge is 2.16. The van der Waals surface area contributed by atoms with E-state index in [1.54, 1.807) is 10.7 Å². The highest BCUT2D eigenvalue weighted by molar-refractivity contribution is 7.84. The van der Waals surface area contributed by atoms with Gasteiger partial charge in [0.25, 0.3) is 0 Å². The van der Waals surface area contributed by atoms with Crippen LogP contribution in [0.1, 0.15) is 13.8 Å². The molecule has 1 heterocycles. The second-order valence-electron chi connectivity index (χ2n) is 4.32. The Morgan fingerprint density at radius 3 is 2.90 bits per heavy atom. The van der Waals surface area contributed by atoms with Crippen molar-refractivity contribution in [2.75, 3.05) is 23.8 Å². The number of anilines is 1. The summed E-state index contributed by atoms with van der Waals surface area (Å²) >= 11 is 0. The summed E-state index contributed by atoms with van der Waals surface area (Å²) in [4.78, 5) is 0. The minimum absolute atomic E-state index is 0.489. The molecule has 0 aliphatic carbocycles. The van der Waals surface area contributed by atoms with Crippen LogP contribution in [0.3, 0.4) is 0 Å². The molecule has 114 valence electrons. The summed E-state index contributed by atoms with van der Waals surface area (Å²) in [6.45, 7) is 4.77. The Labute approximate surface area is 125 Å². The number of tetrazole rings is 1. The van der Waals surface area contributed by atoms with Crippen LogP contribution in [-0.4, -0.2) is 42.5 Å². The first-order valence-corrected chi connectivity index (χ1v) is 8.29. The van der Waals surface area contributed by atoms with E-state index in [0.717, 1.165) is 5.56 Å². The van der Waals surface area contributed by atoms with Crippen molar-refractivity contribution in [3.63, 3.8) is 0 Å². The Balaban J connectivity index is 2.33. The highest BCUT2D eigenvalue weighted by atomic mass is 32.2. The summed E-state index contributed by atoms with van der Waals surface area (Å²) in [5.41, 5.74) is 7.24. The van der Waals surface area contributed by atoms with Gasteiger partial charge in [0.15, 0.2) is 11.6 Å². The Morgan fingerprint density at radius 1 is 1.38 bits per heavy atom. The first kappa shape index (κ1) is 15.4. The summed E-state index contributed by atoms with van der Waals surface area (Å²) in [5.74, 6) is 2.28. The summed E-state index contributed by atoms with van der Waals surface area (Å²) < 4.78 is 18.8. The molecule has 2 N–H and O–H groups in total. The van der Waals surface area contributed by atoms with Crippen LogP contribution in [0.4, 0.5) is 5.69 Å². The fraction of sp³-hybridized carbons (Fsp3) is 0.462. The van der Waals surface area contributed by atoms with Gasteiger partial charge in [-0.25, -0.2) is 4.68 Å². The van der Waals surface area contributed by atoms with E-state index in [0.29, 0.717) is 41.9 Å². The van der Waals surface area contributed by atoms with E-state index >= 15 is 0 Å². The van der Waals surface area contributed by atoms with Crippen LogP contribution in [0, 0.1) is 0 Å². The number of aryl methyl sites for hydroxylation is 1. The fourth-order valence-corrected chi connectivity index (χ4v) is 2.58. The molecule has 1 aromatic heterocycles. The Morgan fingerprint density at radius 2 is 2.19 bits per heavy atom. The van der Waals surface area contributed by atoms with Crippen LogP contribution < -0.4 is 10.5 Å². The second-order valence-corrected chi connectivity index (χ2v) is 6.18. The topological polar surface area (TPSA) is 95.9 Å². The largest absolute Gasteiger partial charge is 0.491 e. The number of ether oxygens (including phenoxy) is 1. The van der Waals surface area contributed by atoms with Crippen molar-refractivity contribution in [3.05, 3.63) is 18.2 Å². The highest BCUT2D eigenvalue weighted by Crippen LogP contribution is 2.33. The van der Waals surface area contributed by atoms with Crippen LogP contribution in [0.5, 0.6) is 5.75 Å². The predicted molar refractivity (Wildman–Crippen MR) is 82.4 cm³/mol. The average Bonchev–Trinajstić information content (AvgIpc) is 2.95. The maximum atomic E-state index is 11.6. The summed E-state index contributed by atoms with van der Waals surface area (Å²) in [6.07, 6.45) is 0. The third-order valence-electron chi connectivity index (χ3n) is 2.96. The van der Waals surface area contributed by atoms with Gasteiger partial charge in [-0.3, -0.25) is 4.21 Å². The molecule has 1 aromatic carbocycles. The lowest BCUT2D eigenvalue weighted by Gasteiger charge is -2.12. The minimum atomic E-state index is -0.862. The molecule has 0 amide bonds. The van der Waals surface area contributed by atoms with Crippen LogP contribution >= 0.6 is 0 Å². The number of hydrogen-bond acceptors (Lipinski definition) is 6. The third-order valence-corrected chi connectivity index (χ3v) is 4.24. The van der Waals surface area contributed by atoms with E-state index in [2.05, 4.69) is 15.5 Å². The number of hydrogen-bond donors (Lipinski definition) is 1. The standard InChI is InChI=1S/C13H19N5O2S/c1-3-20-12-10(6-5-7-11(12)14)13-15-16-17-18(13)8-9-21(19)4-2/h5-7H,3-4,8-9,14H2,1-2H3. The van der Waals surface area contributed by atoms with Crippen molar-refractivity contribution in [1.29, 1.82) is 0 Å². The first-order valence-electron chi connectivity index (χ1n) is 6.80. The van der Waals surface area contributed by atoms with E-state index in [4.69, 9.17) is 10.5 Å². The van der Waals surface area contributed by atoms with Crippen molar-refractivity contribution in [3.8, 4) is 17.1 Å². The number of para-hydroxylation sites is 1. The van der Waals surface area contributed by atoms with Gasteiger partial charge in [0.05, 0.1) is 24.4 Å². The van der Waals surface area contributed by atoms with Gasteiger partial charge in [-0.2, -0.15) is 0 Å². The fourth-order valence-electron chi connectivity index (χ4n) is 1.92. The van der Waals surface area contributed by atoms with Crippen LogP contribution in [0.25, 0.3) is 11.4 Å². The van der Waals surface area contributed by atoms with Gasteiger partial charge in [0, 0.05) is 22.3 Å². The maximum Gasteiger partial charge on any atom is 0.185 e. The Bertz CT molecular complexity index is 629. The molecule has 2 rings (SSSR count). The zero-order chi connectivity index (χ0) is 15.2. The van der Waals surface area contributed by atoms with E-state index in [1.807, 2.05) is 26.0 Å². The van der Waals surface area contributed by atoms with Crippen LogP contribution in [-0.2, 0) is 17.3 Å². The summed E-state index contributed by atoms with van der Waals surface area (Å²) in [7, 11) is -0.862. The van der Waals surface area contributed by atoms with Gasteiger partial charge in [-0.1, -0.05) is 13.0 Å². The third kappa shape index (κ3) is 3.57. The number of aromatic nitrogens is 4. The predicted octanol–water partition coefficient (Wildman–Crippen LogP) is 1.09. The van der Waals surface area contributed by atoms with Gasteiger partial charge in [0.2, 0.25) is 0 Å². The van der Waals surface area contributed by atoms with Crippen molar-refractivity contribution < 1.29 is 8.95 Å². The van der Waals surface area contributed by atoms with Gasteiger partial charge >= 0.3 is 0 Å². The number of nitrogens with two attached hydrogens (primary N) is 1.